The van der Waals surface area contributed by atoms with Crippen molar-refractivity contribution in [2.75, 3.05) is 19.6 Å². The fourth-order valence-corrected chi connectivity index (χ4v) is 4.66. The van der Waals surface area contributed by atoms with Crippen LogP contribution >= 0.6 is 0 Å². The maximum atomic E-state index is 4.00. The lowest BCUT2D eigenvalue weighted by Gasteiger charge is -2.44. The third-order valence-electron chi connectivity index (χ3n) is 6.64. The van der Waals surface area contributed by atoms with Crippen LogP contribution in [0.3, 0.4) is 0 Å². The summed E-state index contributed by atoms with van der Waals surface area (Å²) in [6, 6.07) is 1.63. The van der Waals surface area contributed by atoms with Crippen molar-refractivity contribution in [2.45, 2.75) is 83.7 Å². The number of nitrogens with zero attached hydrogens (tertiary/aromatic N) is 1. The Labute approximate surface area is 125 Å². The van der Waals surface area contributed by atoms with Crippen molar-refractivity contribution in [1.29, 1.82) is 0 Å². The van der Waals surface area contributed by atoms with E-state index in [9.17, 15) is 0 Å². The second kappa shape index (κ2) is 6.36. The van der Waals surface area contributed by atoms with Gasteiger partial charge < -0.3 is 10.2 Å². The van der Waals surface area contributed by atoms with Gasteiger partial charge in [-0.3, -0.25) is 0 Å². The SMILES string of the molecule is CCC1(C)CCN(CC2CCC3CCCCC3N2)CC1. The van der Waals surface area contributed by atoms with E-state index in [1.54, 1.807) is 0 Å². The van der Waals surface area contributed by atoms with E-state index in [4.69, 9.17) is 0 Å². The van der Waals surface area contributed by atoms with Gasteiger partial charge in [0.15, 0.2) is 0 Å². The number of nitrogens with one attached hydrogen (secondary N) is 1. The molecule has 2 saturated heterocycles. The van der Waals surface area contributed by atoms with Crippen LogP contribution in [0.15, 0.2) is 0 Å². The van der Waals surface area contributed by atoms with Gasteiger partial charge in [0.2, 0.25) is 0 Å². The maximum absolute atomic E-state index is 4.00. The van der Waals surface area contributed by atoms with Gasteiger partial charge in [-0.25, -0.2) is 0 Å². The molecule has 0 bridgehead atoms. The summed E-state index contributed by atoms with van der Waals surface area (Å²) in [7, 11) is 0. The average molecular weight is 278 g/mol. The molecular weight excluding hydrogens is 244 g/mol. The first-order valence-corrected chi connectivity index (χ1v) is 9.17. The molecule has 3 fully saturated rings. The smallest absolute Gasteiger partial charge is 0.0197 e. The third kappa shape index (κ3) is 3.39. The highest BCUT2D eigenvalue weighted by molar-refractivity contribution is 4.91. The van der Waals surface area contributed by atoms with Crippen LogP contribution < -0.4 is 5.32 Å². The second-order valence-corrected chi connectivity index (χ2v) is 8.06. The standard InChI is InChI=1S/C18H34N2/c1-3-18(2)10-12-20(13-11-18)14-16-9-8-15-6-4-5-7-17(15)19-16/h15-17,19H,3-14H2,1-2H3. The van der Waals surface area contributed by atoms with Gasteiger partial charge in [0, 0.05) is 18.6 Å². The lowest BCUT2D eigenvalue weighted by Crippen LogP contribution is -2.54. The minimum atomic E-state index is 0.630. The molecule has 3 atom stereocenters. The summed E-state index contributed by atoms with van der Waals surface area (Å²) < 4.78 is 0. The molecule has 0 amide bonds. The van der Waals surface area contributed by atoms with Crippen LogP contribution in [0.1, 0.15) is 71.6 Å². The van der Waals surface area contributed by atoms with E-state index in [1.807, 2.05) is 0 Å². The molecule has 116 valence electrons. The summed E-state index contributed by atoms with van der Waals surface area (Å²) in [5.41, 5.74) is 0.630. The number of rotatable bonds is 3. The van der Waals surface area contributed by atoms with Gasteiger partial charge in [0.05, 0.1) is 0 Å². The predicted molar refractivity (Wildman–Crippen MR) is 86.0 cm³/mol. The van der Waals surface area contributed by atoms with Crippen molar-refractivity contribution in [3.05, 3.63) is 0 Å². The van der Waals surface area contributed by atoms with Gasteiger partial charge in [0.1, 0.15) is 0 Å². The molecular formula is C18H34N2. The van der Waals surface area contributed by atoms with E-state index in [-0.39, 0.29) is 0 Å². The van der Waals surface area contributed by atoms with Gasteiger partial charge in [-0.15, -0.1) is 0 Å². The van der Waals surface area contributed by atoms with Crippen molar-refractivity contribution in [3.8, 4) is 0 Å². The van der Waals surface area contributed by atoms with Gasteiger partial charge in [-0.05, 0) is 62.9 Å². The molecule has 0 aromatic carbocycles. The van der Waals surface area contributed by atoms with Gasteiger partial charge in [-0.2, -0.15) is 0 Å². The summed E-state index contributed by atoms with van der Waals surface area (Å²) in [6.45, 7) is 8.81. The molecule has 0 aromatic rings. The number of hydrogen-bond acceptors (Lipinski definition) is 2. The van der Waals surface area contributed by atoms with Crippen molar-refractivity contribution >= 4 is 0 Å². The zero-order valence-electron chi connectivity index (χ0n) is 13.7. The van der Waals surface area contributed by atoms with Crippen molar-refractivity contribution in [3.63, 3.8) is 0 Å². The first kappa shape index (κ1) is 14.8. The Bertz CT molecular complexity index is 307. The third-order valence-corrected chi connectivity index (χ3v) is 6.64. The Morgan fingerprint density at radius 3 is 2.55 bits per heavy atom. The van der Waals surface area contributed by atoms with Crippen LogP contribution in [-0.2, 0) is 0 Å². The molecule has 0 spiro atoms. The summed E-state index contributed by atoms with van der Waals surface area (Å²) in [6.07, 6.45) is 12.9. The summed E-state index contributed by atoms with van der Waals surface area (Å²) in [5.74, 6) is 1.00. The Morgan fingerprint density at radius 1 is 1.05 bits per heavy atom. The molecule has 3 aliphatic rings. The highest BCUT2D eigenvalue weighted by Crippen LogP contribution is 2.35. The molecule has 2 nitrogen and oxygen atoms in total. The monoisotopic (exact) mass is 278 g/mol. The normalized spacial score (nSPS) is 38.4. The fraction of sp³-hybridized carbons (Fsp3) is 1.00. The fourth-order valence-electron chi connectivity index (χ4n) is 4.66. The average Bonchev–Trinajstić information content (AvgIpc) is 2.50. The minimum Gasteiger partial charge on any atom is -0.310 e. The molecule has 2 heterocycles. The highest BCUT2D eigenvalue weighted by atomic mass is 15.2. The minimum absolute atomic E-state index is 0.630. The summed E-state index contributed by atoms with van der Waals surface area (Å²) in [4.78, 5) is 2.73. The van der Waals surface area contributed by atoms with Crippen LogP contribution in [0, 0.1) is 11.3 Å². The van der Waals surface area contributed by atoms with Crippen molar-refractivity contribution in [2.24, 2.45) is 11.3 Å². The lowest BCUT2D eigenvalue weighted by molar-refractivity contribution is 0.0879. The van der Waals surface area contributed by atoms with Crippen molar-refractivity contribution < 1.29 is 0 Å². The molecule has 1 N–H and O–H groups in total. The molecule has 3 unspecified atom stereocenters. The topological polar surface area (TPSA) is 15.3 Å². The first-order chi connectivity index (χ1) is 9.68. The maximum Gasteiger partial charge on any atom is 0.0197 e. The van der Waals surface area contributed by atoms with Gasteiger partial charge in [-0.1, -0.05) is 33.1 Å². The first-order valence-electron chi connectivity index (χ1n) is 9.17. The van der Waals surface area contributed by atoms with Gasteiger partial charge >= 0.3 is 0 Å². The number of hydrogen-bond donors (Lipinski definition) is 1. The summed E-state index contributed by atoms with van der Waals surface area (Å²) >= 11 is 0. The second-order valence-electron chi connectivity index (χ2n) is 8.06. The Balaban J connectivity index is 1.45. The largest absolute Gasteiger partial charge is 0.310 e. The molecule has 1 saturated carbocycles. The van der Waals surface area contributed by atoms with Crippen LogP contribution in [0.4, 0.5) is 0 Å². The van der Waals surface area contributed by atoms with Crippen LogP contribution in [0.2, 0.25) is 0 Å². The number of piperidine rings is 2. The zero-order chi connectivity index (χ0) is 14.0. The van der Waals surface area contributed by atoms with E-state index in [0.29, 0.717) is 5.41 Å². The van der Waals surface area contributed by atoms with E-state index < -0.39 is 0 Å². The Hall–Kier alpha value is -0.0800. The zero-order valence-corrected chi connectivity index (χ0v) is 13.7. The molecule has 2 heteroatoms. The highest BCUT2D eigenvalue weighted by Gasteiger charge is 2.34. The van der Waals surface area contributed by atoms with E-state index in [1.165, 1.54) is 77.4 Å². The van der Waals surface area contributed by atoms with E-state index in [0.717, 1.165) is 18.0 Å². The quantitative estimate of drug-likeness (QED) is 0.844. The number of fused-ring (bicyclic) bond motifs is 1. The van der Waals surface area contributed by atoms with Crippen LogP contribution in [0.5, 0.6) is 0 Å². The van der Waals surface area contributed by atoms with Gasteiger partial charge in [0.25, 0.3) is 0 Å². The molecule has 0 radical (unpaired) electrons. The molecule has 1 aliphatic carbocycles. The predicted octanol–water partition coefficient (Wildman–Crippen LogP) is 3.81. The molecule has 0 aromatic heterocycles. The molecule has 20 heavy (non-hydrogen) atoms. The lowest BCUT2D eigenvalue weighted by atomic mass is 9.77. The Kier molecular flexibility index (Phi) is 4.72. The van der Waals surface area contributed by atoms with Crippen molar-refractivity contribution in [1.82, 2.24) is 10.2 Å². The molecule has 2 aliphatic heterocycles. The van der Waals surface area contributed by atoms with Crippen LogP contribution in [-0.4, -0.2) is 36.6 Å². The summed E-state index contributed by atoms with van der Waals surface area (Å²) in [5, 5.41) is 4.00. The van der Waals surface area contributed by atoms with Crippen LogP contribution in [0.25, 0.3) is 0 Å². The van der Waals surface area contributed by atoms with E-state index >= 15 is 0 Å². The molecule has 3 rings (SSSR count). The van der Waals surface area contributed by atoms with E-state index in [2.05, 4.69) is 24.1 Å². The Morgan fingerprint density at radius 2 is 1.80 bits per heavy atom. The number of likely N-dealkylation sites (tertiary alicyclic amines) is 1.